The van der Waals surface area contributed by atoms with E-state index in [0.717, 1.165) is 17.2 Å². The maximum Gasteiger partial charge on any atom is 0.262 e. The third-order valence-corrected chi connectivity index (χ3v) is 4.31. The predicted molar refractivity (Wildman–Crippen MR) is 97.9 cm³/mol. The van der Waals surface area contributed by atoms with E-state index < -0.39 is 0 Å². The van der Waals surface area contributed by atoms with E-state index in [1.165, 1.54) is 12.7 Å². The maximum absolute atomic E-state index is 12.3. The first-order valence-electron chi connectivity index (χ1n) is 7.49. The zero-order chi connectivity index (χ0) is 17.9. The number of anilines is 1. The lowest BCUT2D eigenvalue weighted by atomic mass is 10.2. The minimum Gasteiger partial charge on any atom is -0.482 e. The molecule has 0 unspecified atom stereocenters. The number of aromatic nitrogens is 5. The van der Waals surface area contributed by atoms with Gasteiger partial charge in [0, 0.05) is 5.02 Å². The molecule has 2 aromatic heterocycles. The second-order valence-electron chi connectivity index (χ2n) is 5.26. The summed E-state index contributed by atoms with van der Waals surface area (Å²) in [5.41, 5.74) is 2.63. The Labute approximate surface area is 156 Å². The number of fused-ring (bicyclic) bond motifs is 1. The van der Waals surface area contributed by atoms with E-state index in [9.17, 15) is 4.79 Å². The molecule has 0 saturated carbocycles. The van der Waals surface area contributed by atoms with Gasteiger partial charge in [-0.3, -0.25) is 9.36 Å². The molecule has 0 bridgehead atoms. The summed E-state index contributed by atoms with van der Waals surface area (Å²) in [5, 5.41) is 10.9. The molecule has 8 nitrogen and oxygen atoms in total. The number of rotatable bonds is 5. The van der Waals surface area contributed by atoms with Gasteiger partial charge in [-0.25, -0.2) is 0 Å². The van der Waals surface area contributed by atoms with Crippen molar-refractivity contribution in [1.29, 1.82) is 0 Å². The van der Waals surface area contributed by atoms with Crippen molar-refractivity contribution in [2.24, 2.45) is 0 Å². The molecule has 4 rings (SSSR count). The van der Waals surface area contributed by atoms with Crippen LogP contribution < -0.4 is 10.1 Å². The fraction of sp³-hybridized carbons (Fsp3) is 0.0625. The second-order valence-corrected chi connectivity index (χ2v) is 6.22. The van der Waals surface area contributed by atoms with Gasteiger partial charge in [0.1, 0.15) is 29.4 Å². The topological polar surface area (TPSA) is 94.8 Å². The molecule has 0 atom stereocenters. The van der Waals surface area contributed by atoms with Crippen LogP contribution in [0.5, 0.6) is 5.75 Å². The first kappa shape index (κ1) is 16.4. The van der Waals surface area contributed by atoms with E-state index in [1.54, 1.807) is 28.8 Å². The van der Waals surface area contributed by atoms with Crippen LogP contribution in [0.1, 0.15) is 0 Å². The summed E-state index contributed by atoms with van der Waals surface area (Å²) < 4.78 is 15.7. The van der Waals surface area contributed by atoms with Crippen LogP contribution in [-0.2, 0) is 4.79 Å². The molecule has 10 heteroatoms. The average molecular weight is 387 g/mol. The molecule has 130 valence electrons. The van der Waals surface area contributed by atoms with Crippen LogP contribution in [-0.4, -0.2) is 36.0 Å². The van der Waals surface area contributed by atoms with E-state index in [0.29, 0.717) is 27.7 Å². The SMILES string of the molecule is O=C(COc1ccc(Cl)cc1-n1cnnc1)Nc1cccc2nsnc12. The number of benzene rings is 2. The average Bonchev–Trinajstić information content (AvgIpc) is 3.32. The van der Waals surface area contributed by atoms with E-state index in [1.807, 2.05) is 12.1 Å². The van der Waals surface area contributed by atoms with Crippen molar-refractivity contribution in [3.63, 3.8) is 0 Å². The number of hydrogen-bond acceptors (Lipinski definition) is 7. The van der Waals surface area contributed by atoms with Crippen LogP contribution in [0.25, 0.3) is 16.7 Å². The molecular weight excluding hydrogens is 376 g/mol. The molecule has 4 aromatic rings. The minimum absolute atomic E-state index is 0.176. The van der Waals surface area contributed by atoms with Crippen LogP contribution in [0.2, 0.25) is 5.02 Å². The highest BCUT2D eigenvalue weighted by atomic mass is 35.5. The molecule has 0 saturated heterocycles. The van der Waals surface area contributed by atoms with Crippen LogP contribution in [0, 0.1) is 0 Å². The van der Waals surface area contributed by atoms with E-state index in [4.69, 9.17) is 16.3 Å². The fourth-order valence-corrected chi connectivity index (χ4v) is 3.09. The Morgan fingerprint density at radius 2 is 2.04 bits per heavy atom. The molecule has 1 N–H and O–H groups in total. The highest BCUT2D eigenvalue weighted by molar-refractivity contribution is 7.00. The van der Waals surface area contributed by atoms with Gasteiger partial charge in [-0.05, 0) is 30.3 Å². The number of carbonyl (C=O) groups is 1. The summed E-state index contributed by atoms with van der Waals surface area (Å²) in [6, 6.07) is 10.5. The molecule has 0 fully saturated rings. The van der Waals surface area contributed by atoms with Crippen molar-refractivity contribution >= 4 is 46.0 Å². The van der Waals surface area contributed by atoms with Gasteiger partial charge in [-0.15, -0.1) is 10.2 Å². The first-order chi connectivity index (χ1) is 12.7. The lowest BCUT2D eigenvalue weighted by molar-refractivity contribution is -0.118. The Balaban J connectivity index is 1.49. The Kier molecular flexibility index (Phi) is 4.46. The molecule has 0 aliphatic heterocycles. The van der Waals surface area contributed by atoms with Gasteiger partial charge in [-0.2, -0.15) is 8.75 Å². The summed E-state index contributed by atoms with van der Waals surface area (Å²) >= 11 is 7.14. The van der Waals surface area contributed by atoms with E-state index in [2.05, 4.69) is 24.3 Å². The van der Waals surface area contributed by atoms with Gasteiger partial charge < -0.3 is 10.1 Å². The monoisotopic (exact) mass is 386 g/mol. The number of hydrogen-bond donors (Lipinski definition) is 1. The van der Waals surface area contributed by atoms with Crippen LogP contribution in [0.4, 0.5) is 5.69 Å². The van der Waals surface area contributed by atoms with Crippen LogP contribution in [0.3, 0.4) is 0 Å². The Morgan fingerprint density at radius 1 is 1.19 bits per heavy atom. The molecule has 2 aromatic carbocycles. The molecule has 0 radical (unpaired) electrons. The molecule has 0 aliphatic carbocycles. The lowest BCUT2D eigenvalue weighted by Crippen LogP contribution is -2.20. The van der Waals surface area contributed by atoms with Crippen molar-refractivity contribution in [2.45, 2.75) is 0 Å². The molecule has 26 heavy (non-hydrogen) atoms. The third kappa shape index (κ3) is 3.35. The fourth-order valence-electron chi connectivity index (χ4n) is 2.38. The van der Waals surface area contributed by atoms with Gasteiger partial charge in [0.2, 0.25) is 0 Å². The van der Waals surface area contributed by atoms with Crippen molar-refractivity contribution in [2.75, 3.05) is 11.9 Å². The number of nitrogens with one attached hydrogen (secondary N) is 1. The van der Waals surface area contributed by atoms with Gasteiger partial charge in [-0.1, -0.05) is 17.7 Å². The standard InChI is InChI=1S/C16H11ClN6O2S/c17-10-4-5-14(13(6-10)23-8-18-19-9-23)25-7-15(24)20-11-2-1-3-12-16(11)22-26-21-12/h1-6,8-9H,7H2,(H,20,24). The summed E-state index contributed by atoms with van der Waals surface area (Å²) in [5.74, 6) is 0.174. The molecule has 2 heterocycles. The Morgan fingerprint density at radius 3 is 2.88 bits per heavy atom. The number of halogens is 1. The van der Waals surface area contributed by atoms with Gasteiger partial charge in [0.25, 0.3) is 5.91 Å². The number of carbonyl (C=O) groups excluding carboxylic acids is 1. The second kappa shape index (κ2) is 7.06. The number of amides is 1. The Bertz CT molecular complexity index is 1070. The largest absolute Gasteiger partial charge is 0.482 e. The lowest BCUT2D eigenvalue weighted by Gasteiger charge is -2.12. The van der Waals surface area contributed by atoms with Crippen molar-refractivity contribution in [1.82, 2.24) is 23.5 Å². The highest BCUT2D eigenvalue weighted by Crippen LogP contribution is 2.26. The molecule has 1 amide bonds. The molecule has 0 aliphatic rings. The highest BCUT2D eigenvalue weighted by Gasteiger charge is 2.12. The zero-order valence-corrected chi connectivity index (χ0v) is 14.7. The summed E-state index contributed by atoms with van der Waals surface area (Å²) in [4.78, 5) is 12.3. The summed E-state index contributed by atoms with van der Waals surface area (Å²) in [6.07, 6.45) is 3.04. The van der Waals surface area contributed by atoms with E-state index >= 15 is 0 Å². The van der Waals surface area contributed by atoms with Crippen molar-refractivity contribution in [3.05, 3.63) is 54.1 Å². The predicted octanol–water partition coefficient (Wildman–Crippen LogP) is 2.94. The van der Waals surface area contributed by atoms with Crippen molar-refractivity contribution in [3.8, 4) is 11.4 Å². The smallest absolute Gasteiger partial charge is 0.262 e. The minimum atomic E-state index is -0.310. The Hall–Kier alpha value is -3.04. The van der Waals surface area contributed by atoms with Crippen molar-refractivity contribution < 1.29 is 9.53 Å². The molecular formula is C16H11ClN6O2S. The van der Waals surface area contributed by atoms with Gasteiger partial charge in [0.15, 0.2) is 6.61 Å². The van der Waals surface area contributed by atoms with E-state index in [-0.39, 0.29) is 12.5 Å². The van der Waals surface area contributed by atoms with Crippen LogP contribution >= 0.6 is 23.3 Å². The normalized spacial score (nSPS) is 10.8. The number of ether oxygens (including phenoxy) is 1. The quantitative estimate of drug-likeness (QED) is 0.566. The summed E-state index contributed by atoms with van der Waals surface area (Å²) in [6.45, 7) is -0.176. The van der Waals surface area contributed by atoms with Gasteiger partial charge in [0.05, 0.1) is 23.1 Å². The zero-order valence-electron chi connectivity index (χ0n) is 13.2. The maximum atomic E-state index is 12.3. The third-order valence-electron chi connectivity index (χ3n) is 3.54. The van der Waals surface area contributed by atoms with Gasteiger partial charge >= 0.3 is 0 Å². The summed E-state index contributed by atoms with van der Waals surface area (Å²) in [7, 11) is 0. The van der Waals surface area contributed by atoms with Crippen LogP contribution in [0.15, 0.2) is 49.1 Å². The number of nitrogens with zero attached hydrogens (tertiary/aromatic N) is 5. The first-order valence-corrected chi connectivity index (χ1v) is 8.60. The molecule has 0 spiro atoms.